The SMILES string of the molecule is CCN(CC1COC2(CCCCCCC2)C1)C(=O)C=Cc1ccc2c(c1)CCC2. The van der Waals surface area contributed by atoms with Crippen LogP contribution in [0.25, 0.3) is 6.08 Å². The Morgan fingerprint density at radius 2 is 1.86 bits per heavy atom. The van der Waals surface area contributed by atoms with Gasteiger partial charge in [0, 0.05) is 25.1 Å². The molecule has 1 aromatic carbocycles. The van der Waals surface area contributed by atoms with Crippen LogP contribution >= 0.6 is 0 Å². The van der Waals surface area contributed by atoms with Crippen LogP contribution in [0.4, 0.5) is 0 Å². The molecule has 1 aromatic rings. The van der Waals surface area contributed by atoms with E-state index in [-0.39, 0.29) is 11.5 Å². The molecular weight excluding hydrogens is 358 g/mol. The fourth-order valence-corrected chi connectivity index (χ4v) is 5.61. The summed E-state index contributed by atoms with van der Waals surface area (Å²) >= 11 is 0. The summed E-state index contributed by atoms with van der Waals surface area (Å²) in [6.07, 6.45) is 17.6. The van der Waals surface area contributed by atoms with Crippen molar-refractivity contribution in [3.8, 4) is 0 Å². The predicted molar refractivity (Wildman–Crippen MR) is 119 cm³/mol. The van der Waals surface area contributed by atoms with Crippen LogP contribution in [0.5, 0.6) is 0 Å². The van der Waals surface area contributed by atoms with Crippen molar-refractivity contribution in [2.24, 2.45) is 5.92 Å². The maximum absolute atomic E-state index is 12.8. The third kappa shape index (κ3) is 5.12. The van der Waals surface area contributed by atoms with Gasteiger partial charge in [0.1, 0.15) is 0 Å². The number of aryl methyl sites for hydroxylation is 2. The van der Waals surface area contributed by atoms with Gasteiger partial charge in [-0.05, 0) is 68.2 Å². The number of amides is 1. The van der Waals surface area contributed by atoms with Gasteiger partial charge in [0.15, 0.2) is 0 Å². The molecule has 1 unspecified atom stereocenters. The van der Waals surface area contributed by atoms with Crippen LogP contribution in [0.15, 0.2) is 24.3 Å². The number of fused-ring (bicyclic) bond motifs is 1. The third-order valence-electron chi connectivity index (χ3n) is 7.26. The van der Waals surface area contributed by atoms with Crippen molar-refractivity contribution in [1.29, 1.82) is 0 Å². The smallest absolute Gasteiger partial charge is 0.246 e. The van der Waals surface area contributed by atoms with Crippen molar-refractivity contribution in [1.82, 2.24) is 4.90 Å². The van der Waals surface area contributed by atoms with E-state index in [1.807, 2.05) is 11.0 Å². The normalized spacial score (nSPS) is 23.8. The van der Waals surface area contributed by atoms with E-state index in [0.29, 0.717) is 5.92 Å². The lowest BCUT2D eigenvalue weighted by Gasteiger charge is -2.31. The van der Waals surface area contributed by atoms with Crippen LogP contribution in [0.3, 0.4) is 0 Å². The van der Waals surface area contributed by atoms with Gasteiger partial charge in [0.05, 0.1) is 12.2 Å². The topological polar surface area (TPSA) is 29.5 Å². The number of carbonyl (C=O) groups is 1. The standard InChI is InChI=1S/C26H37NO2/c1-2-27(19-22-18-26(29-20-22)15-6-4-3-5-7-16-26)25(28)14-12-21-11-13-23-9-8-10-24(23)17-21/h11-14,17,22H,2-10,15-16,18-20H2,1H3. The molecule has 2 aliphatic carbocycles. The highest BCUT2D eigenvalue weighted by Gasteiger charge is 2.40. The first-order valence-electron chi connectivity index (χ1n) is 11.9. The summed E-state index contributed by atoms with van der Waals surface area (Å²) in [4.78, 5) is 14.8. The van der Waals surface area contributed by atoms with E-state index < -0.39 is 0 Å². The maximum atomic E-state index is 12.8. The minimum absolute atomic E-state index is 0.105. The second kappa shape index (κ2) is 9.47. The Bertz CT molecular complexity index is 730. The van der Waals surface area contributed by atoms with Crippen LogP contribution in [0.1, 0.15) is 81.4 Å². The van der Waals surface area contributed by atoms with Gasteiger partial charge in [-0.3, -0.25) is 4.79 Å². The van der Waals surface area contributed by atoms with Crippen molar-refractivity contribution in [2.45, 2.75) is 83.2 Å². The van der Waals surface area contributed by atoms with E-state index in [0.717, 1.165) is 31.7 Å². The number of ether oxygens (including phenoxy) is 1. The molecule has 0 bridgehead atoms. The molecule has 1 aliphatic heterocycles. The molecule has 1 saturated heterocycles. The first kappa shape index (κ1) is 20.7. The summed E-state index contributed by atoms with van der Waals surface area (Å²) in [5.41, 5.74) is 4.19. The first-order valence-corrected chi connectivity index (χ1v) is 11.9. The number of carbonyl (C=O) groups excluding carboxylic acids is 1. The van der Waals surface area contributed by atoms with Gasteiger partial charge in [0.25, 0.3) is 0 Å². The van der Waals surface area contributed by atoms with Crippen LogP contribution in [-0.4, -0.2) is 36.1 Å². The van der Waals surface area contributed by atoms with Crippen molar-refractivity contribution in [3.05, 3.63) is 41.0 Å². The Morgan fingerprint density at radius 1 is 1.10 bits per heavy atom. The second-order valence-corrected chi connectivity index (χ2v) is 9.42. The number of hydrogen-bond donors (Lipinski definition) is 0. The maximum Gasteiger partial charge on any atom is 0.246 e. The van der Waals surface area contributed by atoms with Gasteiger partial charge in [0.2, 0.25) is 5.91 Å². The van der Waals surface area contributed by atoms with Crippen molar-refractivity contribution in [3.63, 3.8) is 0 Å². The number of likely N-dealkylation sites (N-methyl/N-ethyl adjacent to an activating group) is 1. The molecule has 0 N–H and O–H groups in total. The summed E-state index contributed by atoms with van der Waals surface area (Å²) < 4.78 is 6.37. The van der Waals surface area contributed by atoms with Crippen LogP contribution < -0.4 is 0 Å². The molecule has 1 spiro atoms. The lowest BCUT2D eigenvalue weighted by atomic mass is 9.82. The fourth-order valence-electron chi connectivity index (χ4n) is 5.61. The Morgan fingerprint density at radius 3 is 2.66 bits per heavy atom. The molecule has 3 nitrogen and oxygen atoms in total. The molecule has 2 fully saturated rings. The Hall–Kier alpha value is -1.61. The van der Waals surface area contributed by atoms with Gasteiger partial charge in [-0.15, -0.1) is 0 Å². The molecule has 1 heterocycles. The molecular formula is C26H37NO2. The molecule has 29 heavy (non-hydrogen) atoms. The van der Waals surface area contributed by atoms with E-state index in [9.17, 15) is 4.79 Å². The second-order valence-electron chi connectivity index (χ2n) is 9.42. The van der Waals surface area contributed by atoms with Crippen LogP contribution in [-0.2, 0) is 22.4 Å². The first-order chi connectivity index (χ1) is 14.2. The third-order valence-corrected chi connectivity index (χ3v) is 7.26. The summed E-state index contributed by atoms with van der Waals surface area (Å²) in [6.45, 7) is 4.49. The van der Waals surface area contributed by atoms with Crippen LogP contribution in [0, 0.1) is 5.92 Å². The largest absolute Gasteiger partial charge is 0.375 e. The molecule has 3 heteroatoms. The zero-order valence-corrected chi connectivity index (χ0v) is 18.1. The average molecular weight is 396 g/mol. The quantitative estimate of drug-likeness (QED) is 0.611. The molecule has 0 radical (unpaired) electrons. The zero-order chi connectivity index (χ0) is 20.1. The predicted octanol–water partition coefficient (Wildman–Crippen LogP) is 5.56. The summed E-state index contributed by atoms with van der Waals surface area (Å²) in [5.74, 6) is 0.610. The lowest BCUT2D eigenvalue weighted by Crippen LogP contribution is -2.35. The highest BCUT2D eigenvalue weighted by Crippen LogP contribution is 2.40. The highest BCUT2D eigenvalue weighted by atomic mass is 16.5. The summed E-state index contributed by atoms with van der Waals surface area (Å²) in [5, 5.41) is 0. The van der Waals surface area contributed by atoms with E-state index in [1.165, 1.54) is 75.3 Å². The average Bonchev–Trinajstić information content (AvgIpc) is 3.34. The van der Waals surface area contributed by atoms with Crippen molar-refractivity contribution in [2.75, 3.05) is 19.7 Å². The fraction of sp³-hybridized carbons (Fsp3) is 0.654. The highest BCUT2D eigenvalue weighted by molar-refractivity contribution is 5.91. The van der Waals surface area contributed by atoms with Gasteiger partial charge < -0.3 is 9.64 Å². The Kier molecular flexibility index (Phi) is 6.74. The zero-order valence-electron chi connectivity index (χ0n) is 18.1. The molecule has 1 saturated carbocycles. The van der Waals surface area contributed by atoms with Gasteiger partial charge in [-0.2, -0.15) is 0 Å². The molecule has 0 aromatic heterocycles. The van der Waals surface area contributed by atoms with Crippen molar-refractivity contribution >= 4 is 12.0 Å². The van der Waals surface area contributed by atoms with Gasteiger partial charge >= 0.3 is 0 Å². The van der Waals surface area contributed by atoms with Gasteiger partial charge in [-0.25, -0.2) is 0 Å². The molecule has 1 amide bonds. The van der Waals surface area contributed by atoms with E-state index in [1.54, 1.807) is 6.08 Å². The van der Waals surface area contributed by atoms with Gasteiger partial charge in [-0.1, -0.05) is 50.3 Å². The minimum Gasteiger partial charge on any atom is -0.375 e. The van der Waals surface area contributed by atoms with E-state index in [4.69, 9.17) is 4.74 Å². The Labute approximate surface area is 176 Å². The lowest BCUT2D eigenvalue weighted by molar-refractivity contribution is -0.126. The minimum atomic E-state index is 0.105. The van der Waals surface area contributed by atoms with E-state index in [2.05, 4.69) is 25.1 Å². The molecule has 158 valence electrons. The number of nitrogens with zero attached hydrogens (tertiary/aromatic N) is 1. The Balaban J connectivity index is 1.33. The van der Waals surface area contributed by atoms with Crippen molar-refractivity contribution < 1.29 is 9.53 Å². The summed E-state index contributed by atoms with van der Waals surface area (Å²) in [6, 6.07) is 6.63. The van der Waals surface area contributed by atoms with Crippen LogP contribution in [0.2, 0.25) is 0 Å². The van der Waals surface area contributed by atoms with E-state index >= 15 is 0 Å². The molecule has 1 atom stereocenters. The number of rotatable bonds is 5. The molecule has 3 aliphatic rings. The number of hydrogen-bond acceptors (Lipinski definition) is 2. The monoisotopic (exact) mass is 395 g/mol. The summed E-state index contributed by atoms with van der Waals surface area (Å²) in [7, 11) is 0. The molecule has 4 rings (SSSR count). The number of benzene rings is 1.